The number of Topliss-reactive ketones (excluding diaryl/α,β-unsaturated/α-hetero) is 1. The number of carbonyl (C=O) groups is 2. The second-order valence-electron chi connectivity index (χ2n) is 4.96. The van der Waals surface area contributed by atoms with E-state index in [1.54, 1.807) is 42.5 Å². The summed E-state index contributed by atoms with van der Waals surface area (Å²) in [5, 5.41) is 0.523. The molecule has 0 aliphatic heterocycles. The standard InChI is InChI=1S/C18H17ClO5/c1-11(17(20)12-7-9-13(19)10-8-12)24-18(21)16-14(22-2)5-4-6-15(16)23-3/h4-11H,1-3H3/t11-/m1/s1. The van der Waals surface area contributed by atoms with Crippen molar-refractivity contribution in [3.05, 3.63) is 58.6 Å². The van der Waals surface area contributed by atoms with E-state index in [-0.39, 0.29) is 11.3 Å². The van der Waals surface area contributed by atoms with Crippen molar-refractivity contribution in [1.82, 2.24) is 0 Å². The fraction of sp³-hybridized carbons (Fsp3) is 0.222. The number of ether oxygens (including phenoxy) is 3. The van der Waals surface area contributed by atoms with Gasteiger partial charge in [-0.15, -0.1) is 0 Å². The first-order valence-corrected chi connectivity index (χ1v) is 7.57. The van der Waals surface area contributed by atoms with Crippen molar-refractivity contribution in [1.29, 1.82) is 0 Å². The maximum Gasteiger partial charge on any atom is 0.346 e. The van der Waals surface area contributed by atoms with Gasteiger partial charge in [0.05, 0.1) is 14.2 Å². The monoisotopic (exact) mass is 348 g/mol. The predicted octanol–water partition coefficient (Wildman–Crippen LogP) is 3.79. The summed E-state index contributed by atoms with van der Waals surface area (Å²) in [4.78, 5) is 24.8. The van der Waals surface area contributed by atoms with Gasteiger partial charge in [-0.3, -0.25) is 4.79 Å². The minimum absolute atomic E-state index is 0.137. The van der Waals surface area contributed by atoms with Crippen LogP contribution < -0.4 is 9.47 Å². The van der Waals surface area contributed by atoms with E-state index >= 15 is 0 Å². The van der Waals surface area contributed by atoms with E-state index in [0.29, 0.717) is 22.1 Å². The molecule has 0 radical (unpaired) electrons. The molecule has 0 heterocycles. The molecule has 24 heavy (non-hydrogen) atoms. The first-order valence-electron chi connectivity index (χ1n) is 7.19. The third-order valence-corrected chi connectivity index (χ3v) is 3.67. The van der Waals surface area contributed by atoms with Crippen LogP contribution in [0.2, 0.25) is 5.02 Å². The molecule has 2 rings (SSSR count). The second-order valence-corrected chi connectivity index (χ2v) is 5.39. The third kappa shape index (κ3) is 3.86. The number of esters is 1. The zero-order valence-corrected chi connectivity index (χ0v) is 14.3. The Morgan fingerprint density at radius 1 is 0.958 bits per heavy atom. The molecule has 0 spiro atoms. The van der Waals surface area contributed by atoms with Crippen molar-refractivity contribution in [3.63, 3.8) is 0 Å². The Kier molecular flexibility index (Phi) is 5.82. The molecule has 0 bridgehead atoms. The van der Waals surface area contributed by atoms with Gasteiger partial charge in [0.15, 0.2) is 6.10 Å². The average molecular weight is 349 g/mol. The minimum atomic E-state index is -0.965. The Balaban J connectivity index is 2.20. The second kappa shape index (κ2) is 7.84. The number of hydrogen-bond acceptors (Lipinski definition) is 5. The molecule has 2 aromatic carbocycles. The van der Waals surface area contributed by atoms with Gasteiger partial charge in [-0.25, -0.2) is 4.79 Å². The fourth-order valence-corrected chi connectivity index (χ4v) is 2.30. The van der Waals surface area contributed by atoms with Crippen LogP contribution in [0.3, 0.4) is 0 Å². The normalized spacial score (nSPS) is 11.5. The van der Waals surface area contributed by atoms with E-state index in [0.717, 1.165) is 0 Å². The Morgan fingerprint density at radius 3 is 2.00 bits per heavy atom. The first kappa shape index (κ1) is 17.8. The molecule has 0 saturated carbocycles. The van der Waals surface area contributed by atoms with E-state index in [1.165, 1.54) is 21.1 Å². The molecule has 0 amide bonds. The average Bonchev–Trinajstić information content (AvgIpc) is 2.60. The number of carbonyl (C=O) groups excluding carboxylic acids is 2. The smallest absolute Gasteiger partial charge is 0.346 e. The van der Waals surface area contributed by atoms with Gasteiger partial charge in [0.2, 0.25) is 5.78 Å². The van der Waals surface area contributed by atoms with Gasteiger partial charge < -0.3 is 14.2 Å². The van der Waals surface area contributed by atoms with Crippen LogP contribution in [-0.2, 0) is 4.74 Å². The summed E-state index contributed by atoms with van der Waals surface area (Å²) in [7, 11) is 2.88. The van der Waals surface area contributed by atoms with E-state index in [2.05, 4.69) is 0 Å². The van der Waals surface area contributed by atoms with Gasteiger partial charge in [0.25, 0.3) is 0 Å². The lowest BCUT2D eigenvalue weighted by atomic mass is 10.1. The zero-order valence-electron chi connectivity index (χ0n) is 13.5. The lowest BCUT2D eigenvalue weighted by molar-refractivity contribution is 0.0313. The van der Waals surface area contributed by atoms with Gasteiger partial charge in [0, 0.05) is 10.6 Å². The Hall–Kier alpha value is -2.53. The molecule has 126 valence electrons. The summed E-state index contributed by atoms with van der Waals surface area (Å²) >= 11 is 5.80. The minimum Gasteiger partial charge on any atom is -0.496 e. The van der Waals surface area contributed by atoms with Crippen LogP contribution in [0.1, 0.15) is 27.6 Å². The third-order valence-electron chi connectivity index (χ3n) is 3.41. The van der Waals surface area contributed by atoms with Gasteiger partial charge in [0.1, 0.15) is 17.1 Å². The molecule has 0 unspecified atom stereocenters. The molecule has 0 fully saturated rings. The number of hydrogen-bond donors (Lipinski definition) is 0. The molecule has 2 aromatic rings. The lowest BCUT2D eigenvalue weighted by Crippen LogP contribution is -2.25. The van der Waals surface area contributed by atoms with Crippen molar-refractivity contribution in [2.45, 2.75) is 13.0 Å². The van der Waals surface area contributed by atoms with Gasteiger partial charge in [-0.05, 0) is 43.3 Å². The van der Waals surface area contributed by atoms with Gasteiger partial charge >= 0.3 is 5.97 Å². The maximum absolute atomic E-state index is 12.4. The number of methoxy groups -OCH3 is 2. The van der Waals surface area contributed by atoms with Crippen LogP contribution in [0.4, 0.5) is 0 Å². The number of halogens is 1. The number of ketones is 1. The molecule has 0 aliphatic carbocycles. The largest absolute Gasteiger partial charge is 0.496 e. The van der Waals surface area contributed by atoms with E-state index < -0.39 is 12.1 Å². The highest BCUT2D eigenvalue weighted by atomic mass is 35.5. The summed E-state index contributed by atoms with van der Waals surface area (Å²) in [5.74, 6) is -0.399. The molecule has 0 N–H and O–H groups in total. The van der Waals surface area contributed by atoms with Crippen LogP contribution in [0, 0.1) is 0 Å². The predicted molar refractivity (Wildman–Crippen MR) is 90.2 cm³/mol. The summed E-state index contributed by atoms with van der Waals surface area (Å²) in [6.45, 7) is 1.51. The van der Waals surface area contributed by atoms with Crippen LogP contribution in [-0.4, -0.2) is 32.1 Å². The Bertz CT molecular complexity index is 717. The summed E-state index contributed by atoms with van der Waals surface area (Å²) in [6, 6.07) is 11.3. The van der Waals surface area contributed by atoms with Crippen molar-refractivity contribution in [3.8, 4) is 11.5 Å². The van der Waals surface area contributed by atoms with E-state index in [9.17, 15) is 9.59 Å². The molecule has 0 aromatic heterocycles. The van der Waals surface area contributed by atoms with Crippen LogP contribution in [0.15, 0.2) is 42.5 Å². The maximum atomic E-state index is 12.4. The number of benzene rings is 2. The Labute approximate surface area is 145 Å². The lowest BCUT2D eigenvalue weighted by Gasteiger charge is -2.16. The van der Waals surface area contributed by atoms with Crippen molar-refractivity contribution >= 4 is 23.4 Å². The molecular weight excluding hydrogens is 332 g/mol. The first-order chi connectivity index (χ1) is 11.5. The summed E-state index contributed by atoms with van der Waals surface area (Å²) < 4.78 is 15.6. The molecule has 0 aliphatic rings. The highest BCUT2D eigenvalue weighted by Gasteiger charge is 2.25. The quantitative estimate of drug-likeness (QED) is 0.587. The topological polar surface area (TPSA) is 61.8 Å². The van der Waals surface area contributed by atoms with Gasteiger partial charge in [-0.1, -0.05) is 17.7 Å². The summed E-state index contributed by atoms with van der Waals surface area (Å²) in [5.41, 5.74) is 0.546. The van der Waals surface area contributed by atoms with Crippen molar-refractivity contribution in [2.24, 2.45) is 0 Å². The van der Waals surface area contributed by atoms with E-state index in [1.807, 2.05) is 0 Å². The van der Waals surface area contributed by atoms with Gasteiger partial charge in [-0.2, -0.15) is 0 Å². The molecule has 6 heteroatoms. The van der Waals surface area contributed by atoms with Crippen molar-refractivity contribution < 1.29 is 23.8 Å². The van der Waals surface area contributed by atoms with Crippen LogP contribution in [0.5, 0.6) is 11.5 Å². The van der Waals surface area contributed by atoms with Crippen LogP contribution >= 0.6 is 11.6 Å². The molecule has 1 atom stereocenters. The SMILES string of the molecule is COc1cccc(OC)c1C(=O)O[C@H](C)C(=O)c1ccc(Cl)cc1. The number of rotatable bonds is 6. The van der Waals surface area contributed by atoms with E-state index in [4.69, 9.17) is 25.8 Å². The molecular formula is C18H17ClO5. The van der Waals surface area contributed by atoms with Crippen molar-refractivity contribution in [2.75, 3.05) is 14.2 Å². The fourth-order valence-electron chi connectivity index (χ4n) is 2.17. The highest BCUT2D eigenvalue weighted by molar-refractivity contribution is 6.30. The molecule has 0 saturated heterocycles. The van der Waals surface area contributed by atoms with Crippen LogP contribution in [0.25, 0.3) is 0 Å². The zero-order chi connectivity index (χ0) is 17.7. The Morgan fingerprint density at radius 2 is 1.50 bits per heavy atom. The highest BCUT2D eigenvalue weighted by Crippen LogP contribution is 2.29. The molecule has 5 nitrogen and oxygen atoms in total. The summed E-state index contributed by atoms with van der Waals surface area (Å²) in [6.07, 6.45) is -0.965.